The van der Waals surface area contributed by atoms with Crippen LogP contribution in [0.15, 0.2) is 48.5 Å². The van der Waals surface area contributed by atoms with Crippen molar-refractivity contribution >= 4 is 17.7 Å². The number of nitrogen functional groups attached to an aromatic ring is 1. The number of rotatable bonds is 7. The summed E-state index contributed by atoms with van der Waals surface area (Å²) in [5, 5.41) is 7.50. The molecule has 2 aliphatic rings. The lowest BCUT2D eigenvalue weighted by molar-refractivity contribution is -0.146. The van der Waals surface area contributed by atoms with Gasteiger partial charge in [0.2, 0.25) is 0 Å². The Morgan fingerprint density at radius 1 is 0.824 bits per heavy atom. The maximum atomic E-state index is 13.0. The van der Waals surface area contributed by atoms with Crippen molar-refractivity contribution < 1.29 is 14.3 Å². The summed E-state index contributed by atoms with van der Waals surface area (Å²) in [4.78, 5) is 27.1. The van der Waals surface area contributed by atoms with Gasteiger partial charge in [0.1, 0.15) is 5.84 Å². The molecular weight excluding hydrogens is 426 g/mol. The molecule has 3 N–H and O–H groups in total. The Labute approximate surface area is 202 Å². The van der Waals surface area contributed by atoms with E-state index in [4.69, 9.17) is 15.9 Å². The summed E-state index contributed by atoms with van der Waals surface area (Å²) in [6.07, 6.45) is 8.32. The van der Waals surface area contributed by atoms with Crippen molar-refractivity contribution in [1.29, 1.82) is 5.41 Å². The van der Waals surface area contributed by atoms with E-state index in [0.29, 0.717) is 49.1 Å². The molecule has 6 nitrogen and oxygen atoms in total. The van der Waals surface area contributed by atoms with Gasteiger partial charge < -0.3 is 15.4 Å². The number of nitrogens with zero attached hydrogens (tertiary/aromatic N) is 1. The van der Waals surface area contributed by atoms with Crippen LogP contribution in [0.3, 0.4) is 0 Å². The Hall–Kier alpha value is -3.15. The van der Waals surface area contributed by atoms with E-state index >= 15 is 0 Å². The Morgan fingerprint density at radius 2 is 1.38 bits per heavy atom. The summed E-state index contributed by atoms with van der Waals surface area (Å²) >= 11 is 0. The maximum Gasteiger partial charge on any atom is 0.306 e. The largest absolute Gasteiger partial charge is 0.465 e. The van der Waals surface area contributed by atoms with Crippen molar-refractivity contribution in [2.24, 2.45) is 17.6 Å². The second kappa shape index (κ2) is 11.3. The van der Waals surface area contributed by atoms with Gasteiger partial charge in [0, 0.05) is 30.6 Å². The standard InChI is InChI=1S/C28H35N3O3/c29-27(30)24-10-6-22(7-11-24)23-8-12-25(13-9-23)28(33)31-16-14-20(15-17-31)18-26(32)34-19-21-4-2-1-3-5-21/h6-13,20-21H,1-5,14-19H2,(H3,29,30). The molecule has 1 heterocycles. The van der Waals surface area contributed by atoms with Crippen molar-refractivity contribution in [1.82, 2.24) is 4.90 Å². The molecule has 2 fully saturated rings. The Kier molecular flexibility index (Phi) is 7.99. The molecule has 1 saturated carbocycles. The average molecular weight is 462 g/mol. The third-order valence-electron chi connectivity index (χ3n) is 7.22. The van der Waals surface area contributed by atoms with Crippen LogP contribution in [-0.2, 0) is 9.53 Å². The van der Waals surface area contributed by atoms with E-state index in [2.05, 4.69) is 0 Å². The van der Waals surface area contributed by atoms with Gasteiger partial charge in [-0.05, 0) is 60.8 Å². The molecule has 2 aromatic carbocycles. The molecule has 1 aliphatic heterocycles. The topological polar surface area (TPSA) is 96.5 Å². The minimum Gasteiger partial charge on any atom is -0.465 e. The molecule has 0 unspecified atom stereocenters. The summed E-state index contributed by atoms with van der Waals surface area (Å²) in [5.41, 5.74) is 8.91. The van der Waals surface area contributed by atoms with Gasteiger partial charge in [0.15, 0.2) is 0 Å². The highest BCUT2D eigenvalue weighted by molar-refractivity contribution is 5.96. The zero-order valence-corrected chi connectivity index (χ0v) is 19.8. The predicted octanol–water partition coefficient (Wildman–Crippen LogP) is 5.00. The van der Waals surface area contributed by atoms with E-state index in [1.165, 1.54) is 32.1 Å². The van der Waals surface area contributed by atoms with Gasteiger partial charge in [-0.3, -0.25) is 15.0 Å². The summed E-state index contributed by atoms with van der Waals surface area (Å²) in [6.45, 7) is 1.92. The van der Waals surface area contributed by atoms with Gasteiger partial charge in [0.25, 0.3) is 5.91 Å². The van der Waals surface area contributed by atoms with Crippen LogP contribution >= 0.6 is 0 Å². The van der Waals surface area contributed by atoms with Crippen LogP contribution in [0.1, 0.15) is 67.3 Å². The van der Waals surface area contributed by atoms with E-state index in [-0.39, 0.29) is 17.7 Å². The van der Waals surface area contributed by atoms with E-state index in [1.54, 1.807) is 0 Å². The first-order valence-corrected chi connectivity index (χ1v) is 12.5. The van der Waals surface area contributed by atoms with Crippen LogP contribution < -0.4 is 5.73 Å². The Balaban J connectivity index is 1.23. The monoisotopic (exact) mass is 461 g/mol. The van der Waals surface area contributed by atoms with Crippen molar-refractivity contribution in [3.05, 3.63) is 59.7 Å². The zero-order valence-electron chi connectivity index (χ0n) is 19.8. The van der Waals surface area contributed by atoms with E-state index in [9.17, 15) is 9.59 Å². The highest BCUT2D eigenvalue weighted by Gasteiger charge is 2.26. The molecule has 34 heavy (non-hydrogen) atoms. The molecule has 1 amide bonds. The lowest BCUT2D eigenvalue weighted by Crippen LogP contribution is -2.39. The lowest BCUT2D eigenvalue weighted by Gasteiger charge is -2.32. The van der Waals surface area contributed by atoms with Crippen LogP contribution in [0.5, 0.6) is 0 Å². The molecule has 0 spiro atoms. The van der Waals surface area contributed by atoms with Crippen LogP contribution in [0.25, 0.3) is 11.1 Å². The number of esters is 1. The summed E-state index contributed by atoms with van der Waals surface area (Å²) in [5.74, 6) is 0.846. The van der Waals surface area contributed by atoms with Gasteiger partial charge >= 0.3 is 5.97 Å². The molecule has 6 heteroatoms. The second-order valence-corrected chi connectivity index (χ2v) is 9.70. The zero-order chi connectivity index (χ0) is 23.9. The smallest absolute Gasteiger partial charge is 0.306 e. The van der Waals surface area contributed by atoms with Crippen LogP contribution in [0, 0.1) is 17.2 Å². The van der Waals surface area contributed by atoms with Gasteiger partial charge in [-0.15, -0.1) is 0 Å². The maximum absolute atomic E-state index is 13.0. The number of benzene rings is 2. The third kappa shape index (κ3) is 6.25. The van der Waals surface area contributed by atoms with Gasteiger partial charge in [0.05, 0.1) is 6.61 Å². The van der Waals surface area contributed by atoms with Crippen molar-refractivity contribution in [3.8, 4) is 11.1 Å². The minimum atomic E-state index is -0.0812. The molecule has 1 saturated heterocycles. The molecule has 4 rings (SSSR count). The first kappa shape index (κ1) is 24.0. The SMILES string of the molecule is N=C(N)c1ccc(-c2ccc(C(=O)N3CCC(CC(=O)OCC4CCCCC4)CC3)cc2)cc1. The number of ether oxygens (including phenoxy) is 1. The first-order valence-electron chi connectivity index (χ1n) is 12.5. The van der Waals surface area contributed by atoms with Crippen LogP contribution in [0.4, 0.5) is 0 Å². The number of likely N-dealkylation sites (tertiary alicyclic amines) is 1. The third-order valence-corrected chi connectivity index (χ3v) is 7.22. The Morgan fingerprint density at radius 3 is 1.94 bits per heavy atom. The molecular formula is C28H35N3O3. The number of amidine groups is 1. The van der Waals surface area contributed by atoms with Gasteiger partial charge in [-0.2, -0.15) is 0 Å². The first-order chi connectivity index (χ1) is 16.5. The average Bonchev–Trinajstić information content (AvgIpc) is 2.88. The number of nitrogens with two attached hydrogens (primary N) is 1. The number of piperidine rings is 1. The summed E-state index contributed by atoms with van der Waals surface area (Å²) in [6, 6.07) is 15.1. The molecule has 2 aromatic rings. The quantitative estimate of drug-likeness (QED) is 0.344. The molecule has 0 atom stereocenters. The summed E-state index contributed by atoms with van der Waals surface area (Å²) in [7, 11) is 0. The van der Waals surface area contributed by atoms with E-state index in [0.717, 1.165) is 24.0 Å². The fourth-order valence-electron chi connectivity index (χ4n) is 5.03. The number of amides is 1. The minimum absolute atomic E-state index is 0.0387. The highest BCUT2D eigenvalue weighted by atomic mass is 16.5. The van der Waals surface area contributed by atoms with E-state index < -0.39 is 0 Å². The normalized spacial score (nSPS) is 17.4. The number of nitrogens with one attached hydrogen (secondary N) is 1. The highest BCUT2D eigenvalue weighted by Crippen LogP contribution is 2.26. The van der Waals surface area contributed by atoms with Crippen molar-refractivity contribution in [2.75, 3.05) is 19.7 Å². The fraction of sp³-hybridized carbons (Fsp3) is 0.464. The van der Waals surface area contributed by atoms with Gasteiger partial charge in [-0.1, -0.05) is 55.7 Å². The second-order valence-electron chi connectivity index (χ2n) is 9.70. The molecule has 0 bridgehead atoms. The fourth-order valence-corrected chi connectivity index (χ4v) is 5.03. The van der Waals surface area contributed by atoms with Crippen molar-refractivity contribution in [2.45, 2.75) is 51.4 Å². The molecule has 0 aromatic heterocycles. The van der Waals surface area contributed by atoms with E-state index in [1.807, 2.05) is 53.4 Å². The van der Waals surface area contributed by atoms with Crippen molar-refractivity contribution in [3.63, 3.8) is 0 Å². The van der Waals surface area contributed by atoms with Crippen LogP contribution in [-0.4, -0.2) is 42.3 Å². The van der Waals surface area contributed by atoms with Crippen LogP contribution in [0.2, 0.25) is 0 Å². The lowest BCUT2D eigenvalue weighted by atomic mass is 9.90. The van der Waals surface area contributed by atoms with Gasteiger partial charge in [-0.25, -0.2) is 0 Å². The number of hydrogen-bond acceptors (Lipinski definition) is 4. The predicted molar refractivity (Wildman–Crippen MR) is 134 cm³/mol. The Bertz CT molecular complexity index is 987. The number of carbonyl (C=O) groups is 2. The molecule has 180 valence electrons. The number of carbonyl (C=O) groups excluding carboxylic acids is 2. The molecule has 1 aliphatic carbocycles. The summed E-state index contributed by atoms with van der Waals surface area (Å²) < 4.78 is 5.56. The molecule has 0 radical (unpaired) electrons. The number of hydrogen-bond donors (Lipinski definition) is 2.